The first-order chi connectivity index (χ1) is 15.1. The highest BCUT2D eigenvalue weighted by atomic mass is 35.5. The summed E-state index contributed by atoms with van der Waals surface area (Å²) in [5.41, 5.74) is 7.97. The lowest BCUT2D eigenvalue weighted by atomic mass is 10.0. The molecule has 0 aromatic heterocycles. The highest BCUT2D eigenvalue weighted by molar-refractivity contribution is 7.89. The minimum atomic E-state index is -3.91. The van der Waals surface area contributed by atoms with Crippen LogP contribution in [-0.4, -0.2) is 37.5 Å². The zero-order valence-corrected chi connectivity index (χ0v) is 18.5. The number of sulfonamides is 1. The van der Waals surface area contributed by atoms with Crippen LogP contribution in [0.15, 0.2) is 65.6 Å². The monoisotopic (exact) mass is 478 g/mol. The number of hydrogen-bond donors (Lipinski definition) is 2. The number of benzene rings is 3. The number of nitrogen functional groups attached to an aromatic ring is 1. The Hall–Kier alpha value is -3.14. The number of anilines is 1. The summed E-state index contributed by atoms with van der Waals surface area (Å²) in [5, 5.41) is 9.16. The normalized spacial score (nSPS) is 11.5. The van der Waals surface area contributed by atoms with Crippen LogP contribution in [-0.2, 0) is 21.4 Å². The maximum Gasteiger partial charge on any atom is 0.341 e. The van der Waals surface area contributed by atoms with Crippen molar-refractivity contribution in [3.8, 4) is 16.9 Å². The van der Waals surface area contributed by atoms with E-state index < -0.39 is 28.4 Å². The first-order valence-electron chi connectivity index (χ1n) is 9.33. The van der Waals surface area contributed by atoms with E-state index in [0.717, 1.165) is 16.4 Å². The Balaban J connectivity index is 2.00. The van der Waals surface area contributed by atoms with Crippen LogP contribution in [0, 0.1) is 5.82 Å². The molecule has 0 saturated heterocycles. The van der Waals surface area contributed by atoms with Crippen LogP contribution in [0.1, 0.15) is 5.56 Å². The third-order valence-electron chi connectivity index (χ3n) is 4.61. The summed E-state index contributed by atoms with van der Waals surface area (Å²) in [7, 11) is -2.53. The second-order valence-corrected chi connectivity index (χ2v) is 9.41. The molecule has 0 aliphatic heterocycles. The van der Waals surface area contributed by atoms with Crippen molar-refractivity contribution in [2.24, 2.45) is 0 Å². The summed E-state index contributed by atoms with van der Waals surface area (Å²) < 4.78 is 45.4. The predicted molar refractivity (Wildman–Crippen MR) is 119 cm³/mol. The molecule has 0 aliphatic carbocycles. The Morgan fingerprint density at radius 1 is 1.16 bits per heavy atom. The van der Waals surface area contributed by atoms with E-state index in [0.29, 0.717) is 22.4 Å². The van der Waals surface area contributed by atoms with Crippen molar-refractivity contribution in [1.29, 1.82) is 0 Å². The molecule has 0 spiro atoms. The first-order valence-corrected chi connectivity index (χ1v) is 11.1. The molecule has 0 amide bonds. The number of hydrogen-bond acceptors (Lipinski definition) is 5. The molecule has 0 radical (unpaired) electrons. The van der Waals surface area contributed by atoms with E-state index in [2.05, 4.69) is 0 Å². The van der Waals surface area contributed by atoms with Gasteiger partial charge in [-0.05, 0) is 59.7 Å². The lowest BCUT2D eigenvalue weighted by Crippen LogP contribution is -2.26. The van der Waals surface area contributed by atoms with E-state index in [1.807, 2.05) is 0 Å². The molecule has 32 heavy (non-hydrogen) atoms. The number of nitrogens with zero attached hydrogens (tertiary/aromatic N) is 1. The molecule has 10 heteroatoms. The smallest absolute Gasteiger partial charge is 0.341 e. The summed E-state index contributed by atoms with van der Waals surface area (Å²) in [6, 6.07) is 14.4. The maximum atomic E-state index is 13.2. The van der Waals surface area contributed by atoms with Crippen molar-refractivity contribution >= 4 is 33.3 Å². The quantitative estimate of drug-likeness (QED) is 0.473. The molecular weight excluding hydrogens is 459 g/mol. The largest absolute Gasteiger partial charge is 0.481 e. The fourth-order valence-corrected chi connectivity index (χ4v) is 4.39. The molecule has 0 heterocycles. The Labute approximate surface area is 189 Å². The van der Waals surface area contributed by atoms with E-state index in [1.54, 1.807) is 30.3 Å². The van der Waals surface area contributed by atoms with Gasteiger partial charge in [0.2, 0.25) is 10.0 Å². The molecule has 0 saturated carbocycles. The van der Waals surface area contributed by atoms with Gasteiger partial charge in [0.25, 0.3) is 0 Å². The predicted octanol–water partition coefficient (Wildman–Crippen LogP) is 4.01. The van der Waals surface area contributed by atoms with E-state index >= 15 is 0 Å². The Morgan fingerprint density at radius 2 is 1.84 bits per heavy atom. The van der Waals surface area contributed by atoms with Crippen LogP contribution in [0.5, 0.6) is 5.75 Å². The molecular formula is C22H20ClFN2O5S. The van der Waals surface area contributed by atoms with Crippen LogP contribution >= 0.6 is 11.6 Å². The first kappa shape index (κ1) is 23.5. The molecule has 168 valence electrons. The van der Waals surface area contributed by atoms with Gasteiger partial charge in [-0.25, -0.2) is 17.6 Å². The third kappa shape index (κ3) is 5.37. The number of ether oxygens (including phenoxy) is 1. The average molecular weight is 479 g/mol. The molecule has 3 aromatic rings. The van der Waals surface area contributed by atoms with Gasteiger partial charge in [-0.1, -0.05) is 23.7 Å². The lowest BCUT2D eigenvalue weighted by Gasteiger charge is -2.20. The number of carboxylic acid groups (broad SMARTS) is 1. The van der Waals surface area contributed by atoms with Crippen molar-refractivity contribution in [3.05, 3.63) is 77.1 Å². The van der Waals surface area contributed by atoms with Gasteiger partial charge in [0.15, 0.2) is 6.61 Å². The van der Waals surface area contributed by atoms with E-state index in [9.17, 15) is 17.6 Å². The molecule has 0 aliphatic rings. The van der Waals surface area contributed by atoms with Gasteiger partial charge < -0.3 is 15.6 Å². The molecule has 0 atom stereocenters. The third-order valence-corrected chi connectivity index (χ3v) is 6.78. The Morgan fingerprint density at radius 3 is 2.47 bits per heavy atom. The number of carbonyl (C=O) groups is 1. The van der Waals surface area contributed by atoms with Crippen molar-refractivity contribution in [1.82, 2.24) is 4.31 Å². The van der Waals surface area contributed by atoms with Crippen molar-refractivity contribution in [3.63, 3.8) is 0 Å². The van der Waals surface area contributed by atoms with Crippen LogP contribution in [0.2, 0.25) is 5.02 Å². The van der Waals surface area contributed by atoms with Crippen LogP contribution < -0.4 is 10.5 Å². The number of carboxylic acids is 1. The zero-order valence-electron chi connectivity index (χ0n) is 17.0. The summed E-state index contributed by atoms with van der Waals surface area (Å²) in [6.07, 6.45) is 0. The summed E-state index contributed by atoms with van der Waals surface area (Å²) >= 11 is 6.37. The molecule has 3 rings (SSSR count). The molecule has 0 unspecified atom stereocenters. The highest BCUT2D eigenvalue weighted by Gasteiger charge is 2.23. The molecule has 0 fully saturated rings. The minimum absolute atomic E-state index is 0.0602. The lowest BCUT2D eigenvalue weighted by molar-refractivity contribution is -0.139. The van der Waals surface area contributed by atoms with Crippen LogP contribution in [0.25, 0.3) is 11.1 Å². The number of aliphatic carboxylic acids is 1. The minimum Gasteiger partial charge on any atom is -0.481 e. The number of rotatable bonds is 8. The fourth-order valence-electron chi connectivity index (χ4n) is 3.02. The Bertz CT molecular complexity index is 1250. The van der Waals surface area contributed by atoms with Gasteiger partial charge in [-0.3, -0.25) is 0 Å². The zero-order chi connectivity index (χ0) is 23.5. The fraction of sp³-hybridized carbons (Fsp3) is 0.136. The number of nitrogens with two attached hydrogens (primary N) is 1. The van der Waals surface area contributed by atoms with Gasteiger partial charge in [0, 0.05) is 29.9 Å². The standard InChI is InChI=1S/C22H20ClFN2O5S/c1-26(32(29,30)18-7-5-16(24)6-8-18)12-15-10-19(14-3-2-4-17(25)9-14)21(11-20(15)23)31-13-22(27)28/h2-11H,12-13,25H2,1H3,(H,27,28). The van der Waals surface area contributed by atoms with Crippen molar-refractivity contribution < 1.29 is 27.4 Å². The second kappa shape index (κ2) is 9.56. The maximum absolute atomic E-state index is 13.2. The van der Waals surface area contributed by atoms with E-state index in [1.165, 1.54) is 25.2 Å². The van der Waals surface area contributed by atoms with Gasteiger partial charge >= 0.3 is 5.97 Å². The Kier molecular flexibility index (Phi) is 7.02. The number of halogens is 2. The van der Waals surface area contributed by atoms with Gasteiger partial charge in [0.1, 0.15) is 11.6 Å². The van der Waals surface area contributed by atoms with Crippen molar-refractivity contribution in [2.75, 3.05) is 19.4 Å². The van der Waals surface area contributed by atoms with Gasteiger partial charge in [0.05, 0.1) is 4.90 Å². The van der Waals surface area contributed by atoms with E-state index in [4.69, 9.17) is 27.2 Å². The SMILES string of the molecule is CN(Cc1cc(-c2cccc(N)c2)c(OCC(=O)O)cc1Cl)S(=O)(=O)c1ccc(F)cc1. The van der Waals surface area contributed by atoms with Crippen LogP contribution in [0.4, 0.5) is 10.1 Å². The molecule has 7 nitrogen and oxygen atoms in total. The average Bonchev–Trinajstić information content (AvgIpc) is 2.74. The molecule has 0 bridgehead atoms. The topological polar surface area (TPSA) is 110 Å². The van der Waals surface area contributed by atoms with Gasteiger partial charge in [-0.2, -0.15) is 4.31 Å². The summed E-state index contributed by atoms with van der Waals surface area (Å²) in [6.45, 7) is -0.670. The van der Waals surface area contributed by atoms with Crippen LogP contribution in [0.3, 0.4) is 0 Å². The summed E-state index contributed by atoms with van der Waals surface area (Å²) in [4.78, 5) is 10.9. The second-order valence-electron chi connectivity index (χ2n) is 6.96. The van der Waals surface area contributed by atoms with Gasteiger partial charge in [-0.15, -0.1) is 0 Å². The van der Waals surface area contributed by atoms with Crippen molar-refractivity contribution in [2.45, 2.75) is 11.4 Å². The summed E-state index contributed by atoms with van der Waals surface area (Å²) in [5.74, 6) is -1.48. The van der Waals surface area contributed by atoms with E-state index in [-0.39, 0.29) is 22.2 Å². The molecule has 3 aromatic carbocycles. The highest BCUT2D eigenvalue weighted by Crippen LogP contribution is 2.36. The molecule has 3 N–H and O–H groups in total.